The number of aromatic nitrogens is 1. The Balaban J connectivity index is 1.39. The molecule has 0 bridgehead atoms. The van der Waals surface area contributed by atoms with Crippen molar-refractivity contribution in [1.82, 2.24) is 19.9 Å². The fourth-order valence-electron chi connectivity index (χ4n) is 4.92. The van der Waals surface area contributed by atoms with E-state index in [1.165, 1.54) is 22.6 Å². The number of nitrogens with one attached hydrogen (secondary N) is 2. The predicted molar refractivity (Wildman–Crippen MR) is 150 cm³/mol. The summed E-state index contributed by atoms with van der Waals surface area (Å²) in [5.41, 5.74) is 9.70. The zero-order valence-electron chi connectivity index (χ0n) is 22.2. The first-order valence-corrected chi connectivity index (χ1v) is 14.9. The summed E-state index contributed by atoms with van der Waals surface area (Å²) >= 11 is 0. The quantitative estimate of drug-likeness (QED) is 0.322. The van der Waals surface area contributed by atoms with Crippen molar-refractivity contribution in [3.05, 3.63) is 65.6 Å². The van der Waals surface area contributed by atoms with Crippen LogP contribution in [0.4, 0.5) is 10.2 Å². The minimum absolute atomic E-state index is 0.0853. The van der Waals surface area contributed by atoms with Crippen molar-refractivity contribution in [2.24, 2.45) is 0 Å². The van der Waals surface area contributed by atoms with Crippen LogP contribution >= 0.6 is 0 Å². The maximum absolute atomic E-state index is 15.4. The number of nitrogens with zero attached hydrogens (tertiary/aromatic N) is 2. The normalized spacial score (nSPS) is 15.0. The molecule has 2 aliphatic rings. The van der Waals surface area contributed by atoms with Crippen LogP contribution in [0.3, 0.4) is 0 Å². The van der Waals surface area contributed by atoms with Crippen LogP contribution in [-0.2, 0) is 21.2 Å². The zero-order chi connectivity index (χ0) is 28.4. The molecule has 1 aliphatic heterocycles. The molecule has 1 fully saturated rings. The highest BCUT2D eigenvalue weighted by Crippen LogP contribution is 2.35. The van der Waals surface area contributed by atoms with Crippen LogP contribution in [0.5, 0.6) is 0 Å². The Kier molecular flexibility index (Phi) is 7.86. The molecule has 3 aromatic rings. The minimum atomic E-state index is -3.92. The summed E-state index contributed by atoms with van der Waals surface area (Å²) in [5, 5.41) is 5.57. The molecule has 40 heavy (non-hydrogen) atoms. The van der Waals surface area contributed by atoms with Gasteiger partial charge >= 0.3 is 0 Å². The third-order valence-corrected chi connectivity index (χ3v) is 9.22. The molecule has 1 aromatic heterocycles. The molecule has 2 aromatic carbocycles. The van der Waals surface area contributed by atoms with Crippen molar-refractivity contribution in [1.29, 1.82) is 0 Å². The third kappa shape index (κ3) is 5.71. The van der Waals surface area contributed by atoms with Crippen LogP contribution in [0, 0.1) is 5.82 Å². The van der Waals surface area contributed by atoms with E-state index < -0.39 is 15.8 Å². The Morgan fingerprint density at radius 2 is 1.90 bits per heavy atom. The number of amides is 2. The second-order valence-electron chi connectivity index (χ2n) is 10.1. The van der Waals surface area contributed by atoms with Gasteiger partial charge < -0.3 is 16.4 Å². The lowest BCUT2D eigenvalue weighted by atomic mass is 9.94. The van der Waals surface area contributed by atoms with Crippen LogP contribution in [-0.4, -0.2) is 55.2 Å². The highest BCUT2D eigenvalue weighted by molar-refractivity contribution is 7.89. The van der Waals surface area contributed by atoms with Gasteiger partial charge in [-0.3, -0.25) is 9.59 Å². The summed E-state index contributed by atoms with van der Waals surface area (Å²) in [6, 6.07) is 11.0. The molecule has 5 rings (SSSR count). The number of hydrogen-bond acceptors (Lipinski definition) is 6. The van der Waals surface area contributed by atoms with Crippen LogP contribution in [0.15, 0.2) is 53.6 Å². The van der Waals surface area contributed by atoms with Crippen molar-refractivity contribution >= 4 is 27.7 Å². The molecular weight excluding hydrogens is 533 g/mol. The van der Waals surface area contributed by atoms with Crippen LogP contribution in [0.2, 0.25) is 0 Å². The highest BCUT2D eigenvalue weighted by atomic mass is 32.2. The van der Waals surface area contributed by atoms with Gasteiger partial charge in [0.25, 0.3) is 5.91 Å². The highest BCUT2D eigenvalue weighted by Gasteiger charge is 2.38. The number of pyridine rings is 1. The summed E-state index contributed by atoms with van der Waals surface area (Å²) < 4.78 is 43.7. The van der Waals surface area contributed by atoms with Gasteiger partial charge in [-0.15, -0.1) is 0 Å². The van der Waals surface area contributed by atoms with E-state index in [4.69, 9.17) is 5.73 Å². The average molecular weight is 566 g/mol. The van der Waals surface area contributed by atoms with Crippen LogP contribution in [0.1, 0.15) is 48.5 Å². The second-order valence-corrected chi connectivity index (χ2v) is 12.0. The summed E-state index contributed by atoms with van der Waals surface area (Å²) in [7, 11) is -3.92. The Morgan fingerprint density at radius 3 is 2.62 bits per heavy atom. The Labute approximate surface area is 233 Å². The number of benzene rings is 2. The van der Waals surface area contributed by atoms with Crippen molar-refractivity contribution in [2.75, 3.05) is 25.4 Å². The number of sulfonamides is 1. The Morgan fingerprint density at radius 1 is 1.12 bits per heavy atom. The SMILES string of the molecule is CCC(=O)NCCCN(C1CC1)S(=O)(=O)c1ccc(-c2cnc(N)c(-c3ccc4c(c3)CCNC4=O)c2)c(F)c1. The maximum Gasteiger partial charge on any atom is 0.251 e. The van der Waals surface area contributed by atoms with Gasteiger partial charge in [-0.1, -0.05) is 25.1 Å². The molecule has 0 saturated heterocycles. The smallest absolute Gasteiger partial charge is 0.251 e. The van der Waals surface area contributed by atoms with E-state index in [0.29, 0.717) is 49.0 Å². The van der Waals surface area contributed by atoms with E-state index in [1.54, 1.807) is 25.1 Å². The summed E-state index contributed by atoms with van der Waals surface area (Å²) in [4.78, 5) is 27.7. The number of fused-ring (bicyclic) bond motifs is 1. The van der Waals surface area contributed by atoms with Gasteiger partial charge in [0.15, 0.2) is 0 Å². The van der Waals surface area contributed by atoms with Gasteiger partial charge in [0, 0.05) is 60.5 Å². The first-order chi connectivity index (χ1) is 19.2. The van der Waals surface area contributed by atoms with Crippen molar-refractivity contribution in [3.63, 3.8) is 0 Å². The Hall–Kier alpha value is -3.83. The van der Waals surface area contributed by atoms with Crippen molar-refractivity contribution < 1.29 is 22.4 Å². The monoisotopic (exact) mass is 565 g/mol. The van der Waals surface area contributed by atoms with Crippen LogP contribution < -0.4 is 16.4 Å². The largest absolute Gasteiger partial charge is 0.383 e. The van der Waals surface area contributed by atoms with E-state index in [1.807, 2.05) is 6.07 Å². The third-order valence-electron chi connectivity index (χ3n) is 7.27. The molecule has 1 saturated carbocycles. The number of nitrogens with two attached hydrogens (primary N) is 1. The minimum Gasteiger partial charge on any atom is -0.383 e. The van der Waals surface area contributed by atoms with E-state index in [0.717, 1.165) is 30.0 Å². The fourth-order valence-corrected chi connectivity index (χ4v) is 6.66. The van der Waals surface area contributed by atoms with Gasteiger partial charge in [0.05, 0.1) is 4.90 Å². The molecule has 9 nitrogen and oxygen atoms in total. The first kappa shape index (κ1) is 27.7. The predicted octanol–water partition coefficient (Wildman–Crippen LogP) is 3.49. The van der Waals surface area contributed by atoms with Crippen molar-refractivity contribution in [2.45, 2.75) is 50.0 Å². The van der Waals surface area contributed by atoms with E-state index in [9.17, 15) is 18.0 Å². The van der Waals surface area contributed by atoms with Gasteiger partial charge in [-0.05, 0) is 61.1 Å². The van der Waals surface area contributed by atoms with E-state index >= 15 is 4.39 Å². The molecule has 1 aliphatic carbocycles. The molecule has 0 radical (unpaired) electrons. The molecule has 2 heterocycles. The first-order valence-electron chi connectivity index (χ1n) is 13.4. The number of anilines is 1. The lowest BCUT2D eigenvalue weighted by Crippen LogP contribution is -2.36. The topological polar surface area (TPSA) is 134 Å². The summed E-state index contributed by atoms with van der Waals surface area (Å²) in [5.74, 6) is -0.628. The lowest BCUT2D eigenvalue weighted by molar-refractivity contribution is -0.120. The number of halogens is 1. The molecular formula is C29H32FN5O4S. The molecule has 0 unspecified atom stereocenters. The van der Waals surface area contributed by atoms with Gasteiger partial charge in [-0.2, -0.15) is 4.31 Å². The van der Waals surface area contributed by atoms with Crippen molar-refractivity contribution in [3.8, 4) is 22.3 Å². The standard InChI is InChI=1S/C29H32FN5O4S/c1-2-27(36)32-11-3-13-35(21-5-6-21)40(38,39)22-7-9-23(26(30)16-22)20-15-25(28(31)34-17-20)18-4-8-24-19(14-18)10-12-33-29(24)37/h4,7-9,14-17,21H,2-3,5-6,10-13H2,1H3,(H2,31,34)(H,32,36)(H,33,37). The zero-order valence-corrected chi connectivity index (χ0v) is 23.1. The summed E-state index contributed by atoms with van der Waals surface area (Å²) in [6.07, 6.45) is 4.50. The number of nitrogen functional groups attached to an aromatic ring is 1. The fraction of sp³-hybridized carbons (Fsp3) is 0.345. The Bertz CT molecular complexity index is 1570. The second kappa shape index (κ2) is 11.3. The van der Waals surface area contributed by atoms with Crippen LogP contribution in [0.25, 0.3) is 22.3 Å². The average Bonchev–Trinajstić information content (AvgIpc) is 3.78. The van der Waals surface area contributed by atoms with Gasteiger partial charge in [0.2, 0.25) is 15.9 Å². The number of carbonyl (C=O) groups excluding carboxylic acids is 2. The molecule has 11 heteroatoms. The van der Waals surface area contributed by atoms with E-state index in [2.05, 4.69) is 15.6 Å². The number of rotatable bonds is 10. The number of carbonyl (C=O) groups is 2. The van der Waals surface area contributed by atoms with Gasteiger partial charge in [0.1, 0.15) is 11.6 Å². The molecule has 0 atom stereocenters. The molecule has 210 valence electrons. The molecule has 2 amide bonds. The lowest BCUT2D eigenvalue weighted by Gasteiger charge is -2.22. The van der Waals surface area contributed by atoms with E-state index in [-0.39, 0.29) is 40.7 Å². The molecule has 0 spiro atoms. The number of hydrogen-bond donors (Lipinski definition) is 3. The summed E-state index contributed by atoms with van der Waals surface area (Å²) in [6.45, 7) is 2.93. The molecule has 4 N–H and O–H groups in total. The van der Waals surface area contributed by atoms with Gasteiger partial charge in [-0.25, -0.2) is 17.8 Å². The maximum atomic E-state index is 15.4.